The van der Waals surface area contributed by atoms with Crippen molar-refractivity contribution in [2.45, 2.75) is 19.3 Å². The van der Waals surface area contributed by atoms with Crippen LogP contribution in [-0.2, 0) is 4.79 Å². The summed E-state index contributed by atoms with van der Waals surface area (Å²) >= 11 is 0. The number of aliphatic hydroxyl groups is 1. The number of amides is 1. The minimum atomic E-state index is 0.129. The van der Waals surface area contributed by atoms with E-state index in [9.17, 15) is 4.79 Å². The Morgan fingerprint density at radius 2 is 2.05 bits per heavy atom. The highest BCUT2D eigenvalue weighted by atomic mass is 16.5. The molecule has 1 atom stereocenters. The van der Waals surface area contributed by atoms with Crippen molar-refractivity contribution in [2.75, 3.05) is 33.4 Å². The Balaban J connectivity index is 1.69. The van der Waals surface area contributed by atoms with Gasteiger partial charge in [-0.2, -0.15) is 0 Å². The molecule has 1 amide bonds. The highest BCUT2D eigenvalue weighted by Crippen LogP contribution is 2.20. The quantitative estimate of drug-likeness (QED) is 0.831. The summed E-state index contributed by atoms with van der Waals surface area (Å²) in [6, 6.07) is 7.32. The van der Waals surface area contributed by atoms with E-state index in [-0.39, 0.29) is 12.5 Å². The highest BCUT2D eigenvalue weighted by Gasteiger charge is 2.25. The van der Waals surface area contributed by atoms with E-state index in [0.29, 0.717) is 18.9 Å². The van der Waals surface area contributed by atoms with Crippen molar-refractivity contribution in [1.29, 1.82) is 0 Å². The number of carbonyl (C=O) groups is 1. The first-order valence-electron chi connectivity index (χ1n) is 7.38. The number of carbonyl (C=O) groups excluding carboxylic acids is 1. The molecule has 0 spiro atoms. The van der Waals surface area contributed by atoms with Gasteiger partial charge in [-0.25, -0.2) is 0 Å². The van der Waals surface area contributed by atoms with Gasteiger partial charge in [-0.1, -0.05) is 0 Å². The van der Waals surface area contributed by atoms with Crippen molar-refractivity contribution in [1.82, 2.24) is 4.90 Å². The van der Waals surface area contributed by atoms with Crippen molar-refractivity contribution in [3.63, 3.8) is 0 Å². The van der Waals surface area contributed by atoms with Crippen molar-refractivity contribution in [3.8, 4) is 11.5 Å². The number of rotatable bonds is 7. The maximum absolute atomic E-state index is 12.0. The van der Waals surface area contributed by atoms with Crippen molar-refractivity contribution >= 4 is 5.91 Å². The molecule has 1 N–H and O–H groups in total. The molecule has 1 heterocycles. The largest absolute Gasteiger partial charge is 0.497 e. The molecule has 5 heteroatoms. The van der Waals surface area contributed by atoms with E-state index >= 15 is 0 Å². The summed E-state index contributed by atoms with van der Waals surface area (Å²) in [4.78, 5) is 13.9. The predicted molar refractivity (Wildman–Crippen MR) is 79.5 cm³/mol. The lowest BCUT2D eigenvalue weighted by Gasteiger charge is -2.16. The number of hydrogen-bond donors (Lipinski definition) is 1. The second-order valence-corrected chi connectivity index (χ2v) is 5.28. The second-order valence-electron chi connectivity index (χ2n) is 5.28. The van der Waals surface area contributed by atoms with E-state index in [1.807, 2.05) is 29.2 Å². The maximum Gasteiger partial charge on any atom is 0.226 e. The molecule has 5 nitrogen and oxygen atoms in total. The molecule has 1 aromatic carbocycles. The number of hydrogen-bond acceptors (Lipinski definition) is 4. The summed E-state index contributed by atoms with van der Waals surface area (Å²) in [5.41, 5.74) is 0. The van der Waals surface area contributed by atoms with Crippen LogP contribution in [0.1, 0.15) is 19.3 Å². The lowest BCUT2D eigenvalue weighted by molar-refractivity contribution is -0.130. The van der Waals surface area contributed by atoms with Gasteiger partial charge >= 0.3 is 0 Å². The fraction of sp³-hybridized carbons (Fsp3) is 0.562. The third kappa shape index (κ3) is 4.63. The number of methoxy groups -OCH3 is 1. The van der Waals surface area contributed by atoms with Gasteiger partial charge in [0.05, 0.1) is 20.1 Å². The number of likely N-dealkylation sites (tertiary alicyclic amines) is 1. The van der Waals surface area contributed by atoms with Gasteiger partial charge in [-0.15, -0.1) is 0 Å². The molecule has 2 rings (SSSR count). The average molecular weight is 293 g/mol. The molecule has 1 aliphatic heterocycles. The zero-order valence-electron chi connectivity index (χ0n) is 12.5. The van der Waals surface area contributed by atoms with Gasteiger partial charge in [0, 0.05) is 19.7 Å². The molecule has 0 bridgehead atoms. The highest BCUT2D eigenvalue weighted by molar-refractivity contribution is 5.76. The van der Waals surface area contributed by atoms with Crippen molar-refractivity contribution < 1.29 is 19.4 Å². The first-order valence-corrected chi connectivity index (χ1v) is 7.38. The van der Waals surface area contributed by atoms with E-state index < -0.39 is 0 Å². The molecule has 1 aliphatic rings. The summed E-state index contributed by atoms with van der Waals surface area (Å²) in [5.74, 6) is 2.10. The molecular formula is C16H23NO4. The topological polar surface area (TPSA) is 59.0 Å². The van der Waals surface area contributed by atoms with Crippen molar-refractivity contribution in [3.05, 3.63) is 24.3 Å². The smallest absolute Gasteiger partial charge is 0.226 e. The van der Waals surface area contributed by atoms with Gasteiger partial charge in [0.25, 0.3) is 0 Å². The third-order valence-electron chi connectivity index (χ3n) is 3.82. The first kappa shape index (κ1) is 15.6. The molecule has 0 radical (unpaired) electrons. The van der Waals surface area contributed by atoms with Crippen LogP contribution in [0.5, 0.6) is 11.5 Å². The van der Waals surface area contributed by atoms with E-state index in [0.717, 1.165) is 37.4 Å². The molecule has 1 unspecified atom stereocenters. The zero-order chi connectivity index (χ0) is 15.1. The molecule has 0 saturated carbocycles. The predicted octanol–water partition coefficient (Wildman–Crippen LogP) is 1.70. The molecule has 21 heavy (non-hydrogen) atoms. The van der Waals surface area contributed by atoms with Crippen LogP contribution < -0.4 is 9.47 Å². The standard InChI is InChI=1S/C16H23NO4/c1-20-14-2-4-15(5-3-14)21-11-8-16(19)17-9-6-13(12-17)7-10-18/h2-5,13,18H,6-12H2,1H3. The van der Waals surface area contributed by atoms with Gasteiger partial charge in [0.15, 0.2) is 0 Å². The molecular weight excluding hydrogens is 270 g/mol. The Labute approximate surface area is 125 Å². The Bertz CT molecular complexity index is 446. The van der Waals surface area contributed by atoms with Crippen LogP contribution >= 0.6 is 0 Å². The molecule has 1 aromatic rings. The fourth-order valence-electron chi connectivity index (χ4n) is 2.56. The Kier molecular flexibility index (Phi) is 5.87. The average Bonchev–Trinajstić information content (AvgIpc) is 2.97. The van der Waals surface area contributed by atoms with E-state index in [2.05, 4.69) is 0 Å². The van der Waals surface area contributed by atoms with Crippen LogP contribution in [0.2, 0.25) is 0 Å². The van der Waals surface area contributed by atoms with Crippen molar-refractivity contribution in [2.24, 2.45) is 5.92 Å². The third-order valence-corrected chi connectivity index (χ3v) is 3.82. The molecule has 116 valence electrons. The van der Waals surface area contributed by atoms with E-state index in [1.165, 1.54) is 0 Å². The van der Waals surface area contributed by atoms with Crippen LogP contribution in [0.15, 0.2) is 24.3 Å². The van der Waals surface area contributed by atoms with E-state index in [4.69, 9.17) is 14.6 Å². The van der Waals surface area contributed by atoms with Crippen LogP contribution in [0.4, 0.5) is 0 Å². The van der Waals surface area contributed by atoms with Crippen LogP contribution in [0, 0.1) is 5.92 Å². The number of benzene rings is 1. The summed E-state index contributed by atoms with van der Waals surface area (Å²) in [5, 5.41) is 8.92. The van der Waals surface area contributed by atoms with Crippen LogP contribution in [-0.4, -0.2) is 49.3 Å². The summed E-state index contributed by atoms with van der Waals surface area (Å²) in [6.45, 7) is 2.15. The molecule has 0 aliphatic carbocycles. The molecule has 0 aromatic heterocycles. The lowest BCUT2D eigenvalue weighted by Crippen LogP contribution is -2.29. The van der Waals surface area contributed by atoms with Crippen LogP contribution in [0.25, 0.3) is 0 Å². The second kappa shape index (κ2) is 7.88. The zero-order valence-corrected chi connectivity index (χ0v) is 12.5. The van der Waals surface area contributed by atoms with Gasteiger partial charge in [0.2, 0.25) is 5.91 Å². The Hall–Kier alpha value is -1.75. The number of ether oxygens (including phenoxy) is 2. The minimum absolute atomic E-state index is 0.129. The number of nitrogens with zero attached hydrogens (tertiary/aromatic N) is 1. The van der Waals surface area contributed by atoms with Crippen LogP contribution in [0.3, 0.4) is 0 Å². The van der Waals surface area contributed by atoms with Gasteiger partial charge in [0.1, 0.15) is 11.5 Å². The summed E-state index contributed by atoms with van der Waals surface area (Å²) < 4.78 is 10.6. The molecule has 1 fully saturated rings. The van der Waals surface area contributed by atoms with E-state index in [1.54, 1.807) is 7.11 Å². The normalized spacial score (nSPS) is 17.8. The number of aliphatic hydroxyl groups excluding tert-OH is 1. The minimum Gasteiger partial charge on any atom is -0.497 e. The summed E-state index contributed by atoms with van der Waals surface area (Å²) in [7, 11) is 1.62. The fourth-order valence-corrected chi connectivity index (χ4v) is 2.56. The maximum atomic E-state index is 12.0. The summed E-state index contributed by atoms with van der Waals surface area (Å²) in [6.07, 6.45) is 2.16. The SMILES string of the molecule is COc1ccc(OCCC(=O)N2CCC(CCO)C2)cc1. The molecule has 1 saturated heterocycles. The first-order chi connectivity index (χ1) is 10.2. The monoisotopic (exact) mass is 293 g/mol. The Morgan fingerprint density at radius 1 is 1.33 bits per heavy atom. The lowest BCUT2D eigenvalue weighted by atomic mass is 10.1. The Morgan fingerprint density at radius 3 is 2.71 bits per heavy atom. The van der Waals surface area contributed by atoms with Gasteiger partial charge in [-0.05, 0) is 43.0 Å². The van der Waals surface area contributed by atoms with Gasteiger partial charge in [-0.3, -0.25) is 4.79 Å². The van der Waals surface area contributed by atoms with Gasteiger partial charge < -0.3 is 19.5 Å².